The number of carbonyl (C=O) groups is 1. The highest BCUT2D eigenvalue weighted by Gasteiger charge is 2.23. The van der Waals surface area contributed by atoms with E-state index < -0.39 is 10.8 Å². The first-order valence-corrected chi connectivity index (χ1v) is 7.96. The lowest BCUT2D eigenvalue weighted by atomic mass is 10.1. The fraction of sp³-hybridized carbons (Fsp3) is 0.917. The Morgan fingerprint density at radius 1 is 1.47 bits per heavy atom. The van der Waals surface area contributed by atoms with Crippen molar-refractivity contribution in [3.63, 3.8) is 0 Å². The van der Waals surface area contributed by atoms with Crippen molar-refractivity contribution in [2.75, 3.05) is 18.6 Å². The maximum Gasteiger partial charge on any atom is 0.232 e. The van der Waals surface area contributed by atoms with Gasteiger partial charge in [0.15, 0.2) is 0 Å². The molecule has 0 bridgehead atoms. The molecule has 17 heavy (non-hydrogen) atoms. The van der Waals surface area contributed by atoms with Crippen LogP contribution in [-0.4, -0.2) is 40.8 Å². The van der Waals surface area contributed by atoms with Gasteiger partial charge in [-0.2, -0.15) is 0 Å². The maximum atomic E-state index is 11.6. The second-order valence-corrected chi connectivity index (χ2v) is 6.24. The van der Waals surface area contributed by atoms with Gasteiger partial charge in [0.1, 0.15) is 5.75 Å². The number of hydrogen-bond acceptors (Lipinski definition) is 3. The van der Waals surface area contributed by atoms with Crippen molar-refractivity contribution in [2.45, 2.75) is 51.1 Å². The molecule has 0 heterocycles. The zero-order valence-electron chi connectivity index (χ0n) is 10.8. The summed E-state index contributed by atoms with van der Waals surface area (Å²) in [5.41, 5.74) is 0. The molecule has 0 spiro atoms. The Labute approximate surface area is 106 Å². The van der Waals surface area contributed by atoms with E-state index in [1.165, 1.54) is 0 Å². The van der Waals surface area contributed by atoms with Crippen molar-refractivity contribution in [1.82, 2.24) is 10.6 Å². The summed E-state index contributed by atoms with van der Waals surface area (Å²) in [5, 5.41) is 6.08. The molecule has 0 aromatic rings. The fourth-order valence-corrected chi connectivity index (χ4v) is 2.77. The Hall–Kier alpha value is -0.420. The SMILES string of the molecule is CCC(CCCS(=O)CC(=O)NC1CC1)NC. The Morgan fingerprint density at radius 2 is 2.18 bits per heavy atom. The Balaban J connectivity index is 2.05. The van der Waals surface area contributed by atoms with Gasteiger partial charge >= 0.3 is 0 Å². The number of nitrogens with one attached hydrogen (secondary N) is 2. The molecular weight excluding hydrogens is 236 g/mol. The van der Waals surface area contributed by atoms with Crippen LogP contribution in [0.5, 0.6) is 0 Å². The van der Waals surface area contributed by atoms with Gasteiger partial charge in [-0.3, -0.25) is 9.00 Å². The highest BCUT2D eigenvalue weighted by Crippen LogP contribution is 2.18. The van der Waals surface area contributed by atoms with Gasteiger partial charge in [-0.15, -0.1) is 0 Å². The zero-order valence-corrected chi connectivity index (χ0v) is 11.6. The zero-order chi connectivity index (χ0) is 12.7. The molecule has 1 fully saturated rings. The Morgan fingerprint density at radius 3 is 2.71 bits per heavy atom. The van der Waals surface area contributed by atoms with E-state index in [1.807, 2.05) is 7.05 Å². The molecular formula is C12H24N2O2S. The molecule has 1 aliphatic rings. The van der Waals surface area contributed by atoms with E-state index in [9.17, 15) is 9.00 Å². The average molecular weight is 260 g/mol. The first kappa shape index (κ1) is 14.6. The summed E-state index contributed by atoms with van der Waals surface area (Å²) in [7, 11) is 0.954. The predicted octanol–water partition coefficient (Wildman–Crippen LogP) is 0.792. The van der Waals surface area contributed by atoms with Crippen LogP contribution in [0.4, 0.5) is 0 Å². The van der Waals surface area contributed by atoms with Crippen molar-refractivity contribution in [3.05, 3.63) is 0 Å². The van der Waals surface area contributed by atoms with E-state index >= 15 is 0 Å². The monoisotopic (exact) mass is 260 g/mol. The Kier molecular flexibility index (Phi) is 6.73. The summed E-state index contributed by atoms with van der Waals surface area (Å²) in [6.07, 6.45) is 5.20. The molecule has 0 radical (unpaired) electrons. The normalized spacial score (nSPS) is 18.7. The summed E-state index contributed by atoms with van der Waals surface area (Å²) in [6.45, 7) is 2.14. The molecule has 1 aliphatic carbocycles. The highest BCUT2D eigenvalue weighted by molar-refractivity contribution is 7.85. The molecule has 1 saturated carbocycles. The number of carbonyl (C=O) groups excluding carboxylic acids is 1. The van der Waals surface area contributed by atoms with Crippen LogP contribution >= 0.6 is 0 Å². The van der Waals surface area contributed by atoms with Gasteiger partial charge < -0.3 is 10.6 Å². The minimum atomic E-state index is -0.999. The topological polar surface area (TPSA) is 58.2 Å². The van der Waals surface area contributed by atoms with Crippen molar-refractivity contribution in [3.8, 4) is 0 Å². The van der Waals surface area contributed by atoms with Crippen LogP contribution in [0.25, 0.3) is 0 Å². The molecule has 2 unspecified atom stereocenters. The quantitative estimate of drug-likeness (QED) is 0.644. The average Bonchev–Trinajstić information content (AvgIpc) is 3.08. The van der Waals surface area contributed by atoms with E-state index in [-0.39, 0.29) is 11.7 Å². The van der Waals surface area contributed by atoms with Crippen molar-refractivity contribution in [1.29, 1.82) is 0 Å². The lowest BCUT2D eigenvalue weighted by molar-refractivity contribution is -0.118. The minimum absolute atomic E-state index is 0.0495. The van der Waals surface area contributed by atoms with E-state index in [2.05, 4.69) is 17.6 Å². The second-order valence-electron chi connectivity index (χ2n) is 4.67. The van der Waals surface area contributed by atoms with E-state index in [0.717, 1.165) is 32.1 Å². The molecule has 4 nitrogen and oxygen atoms in total. The van der Waals surface area contributed by atoms with Crippen LogP contribution in [0.15, 0.2) is 0 Å². The predicted molar refractivity (Wildman–Crippen MR) is 71.4 cm³/mol. The molecule has 2 atom stereocenters. The van der Waals surface area contributed by atoms with E-state index in [4.69, 9.17) is 0 Å². The molecule has 1 rings (SSSR count). The lowest BCUT2D eigenvalue weighted by Crippen LogP contribution is -2.31. The standard InChI is InChI=1S/C12H24N2O2S/c1-3-10(13-2)5-4-8-17(16)9-12(15)14-11-6-7-11/h10-11,13H,3-9H2,1-2H3,(H,14,15). The molecule has 0 aromatic heterocycles. The lowest BCUT2D eigenvalue weighted by Gasteiger charge is -2.12. The van der Waals surface area contributed by atoms with Gasteiger partial charge in [-0.05, 0) is 39.2 Å². The van der Waals surface area contributed by atoms with Gasteiger partial charge in [-0.25, -0.2) is 0 Å². The molecule has 5 heteroatoms. The first-order valence-electron chi connectivity index (χ1n) is 6.47. The first-order chi connectivity index (χ1) is 8.15. The molecule has 0 aromatic carbocycles. The molecule has 0 aliphatic heterocycles. The Bertz CT molecular complexity index is 263. The summed E-state index contributed by atoms with van der Waals surface area (Å²) >= 11 is 0. The molecule has 0 saturated heterocycles. The van der Waals surface area contributed by atoms with Gasteiger partial charge in [0.05, 0.1) is 0 Å². The summed E-state index contributed by atoms with van der Waals surface area (Å²) < 4.78 is 11.6. The summed E-state index contributed by atoms with van der Waals surface area (Å²) in [5.74, 6) is 0.759. The highest BCUT2D eigenvalue weighted by atomic mass is 32.2. The third kappa shape index (κ3) is 6.78. The maximum absolute atomic E-state index is 11.6. The van der Waals surface area contributed by atoms with Crippen molar-refractivity contribution in [2.24, 2.45) is 0 Å². The van der Waals surface area contributed by atoms with Crippen LogP contribution < -0.4 is 10.6 Å². The van der Waals surface area contributed by atoms with Crippen LogP contribution in [0.1, 0.15) is 39.0 Å². The van der Waals surface area contributed by atoms with Crippen molar-refractivity contribution < 1.29 is 9.00 Å². The van der Waals surface area contributed by atoms with Gasteiger partial charge in [0.25, 0.3) is 0 Å². The van der Waals surface area contributed by atoms with Crippen LogP contribution in [0.3, 0.4) is 0 Å². The number of amides is 1. The number of hydrogen-bond donors (Lipinski definition) is 2. The van der Waals surface area contributed by atoms with Gasteiger partial charge in [0, 0.05) is 28.6 Å². The third-order valence-electron chi connectivity index (χ3n) is 3.06. The summed E-state index contributed by atoms with van der Waals surface area (Å²) in [6, 6.07) is 0.876. The second kappa shape index (κ2) is 7.82. The van der Waals surface area contributed by atoms with Gasteiger partial charge in [-0.1, -0.05) is 6.92 Å². The van der Waals surface area contributed by atoms with Crippen LogP contribution in [0.2, 0.25) is 0 Å². The van der Waals surface area contributed by atoms with E-state index in [1.54, 1.807) is 0 Å². The van der Waals surface area contributed by atoms with Gasteiger partial charge in [0.2, 0.25) is 5.91 Å². The van der Waals surface area contributed by atoms with Crippen LogP contribution in [0, 0.1) is 0 Å². The van der Waals surface area contributed by atoms with Crippen molar-refractivity contribution >= 4 is 16.7 Å². The minimum Gasteiger partial charge on any atom is -0.353 e. The smallest absolute Gasteiger partial charge is 0.232 e. The van der Waals surface area contributed by atoms with Crippen LogP contribution in [-0.2, 0) is 15.6 Å². The van der Waals surface area contributed by atoms with E-state index in [0.29, 0.717) is 17.8 Å². The molecule has 100 valence electrons. The fourth-order valence-electron chi connectivity index (χ4n) is 1.76. The third-order valence-corrected chi connectivity index (χ3v) is 4.39. The molecule has 2 N–H and O–H groups in total. The largest absolute Gasteiger partial charge is 0.353 e. The number of rotatable bonds is 9. The summed E-state index contributed by atoms with van der Waals surface area (Å²) in [4.78, 5) is 11.4. The molecule has 1 amide bonds.